The van der Waals surface area contributed by atoms with Crippen molar-refractivity contribution in [1.82, 2.24) is 0 Å². The Bertz CT molecular complexity index is 1690. The summed E-state index contributed by atoms with van der Waals surface area (Å²) in [5.74, 6) is 1.81. The van der Waals surface area contributed by atoms with Gasteiger partial charge in [-0.2, -0.15) is 0 Å². The Hall–Kier alpha value is -3.50. The molecule has 5 aromatic rings. The summed E-state index contributed by atoms with van der Waals surface area (Å²) < 4.78 is 12.7. The van der Waals surface area contributed by atoms with Crippen molar-refractivity contribution < 1.29 is 13.9 Å². The first kappa shape index (κ1) is 18.0. The number of thiophene rings is 1. The summed E-state index contributed by atoms with van der Waals surface area (Å²) in [5.41, 5.74) is 8.71. The summed E-state index contributed by atoms with van der Waals surface area (Å²) >= 11 is 1.84. The van der Waals surface area contributed by atoms with Crippen molar-refractivity contribution in [2.75, 3.05) is 0 Å². The Morgan fingerprint density at radius 2 is 1.73 bits per heavy atom. The SMILES string of the molecule is CC(C)(C)c1cc[n+]2c(c1)-c1ccc3scc4c3c1[C@@]21c2c(cccc2-4)Oc2cccc[n+]21. The summed E-state index contributed by atoms with van der Waals surface area (Å²) in [6, 6.07) is 22.1. The standard InChI is InChI=1S/C29H22N2OS/c1-28(2,3)17-12-14-30-21(15-17)19-10-11-23-25-20(16-33-23)18-7-6-8-22-26(18)29(30,27(19)25)31-13-5-4-9-24(31)32-22/h4-16H,1-3H3/q+2/t29-/m0/s1. The predicted molar refractivity (Wildman–Crippen MR) is 130 cm³/mol. The van der Waals surface area contributed by atoms with Gasteiger partial charge in [-0.1, -0.05) is 37.5 Å². The van der Waals surface area contributed by atoms with Gasteiger partial charge in [0.1, 0.15) is 5.56 Å². The van der Waals surface area contributed by atoms with Gasteiger partial charge in [-0.15, -0.1) is 15.9 Å². The first-order valence-electron chi connectivity index (χ1n) is 11.4. The minimum atomic E-state index is -0.505. The average molecular weight is 447 g/mol. The Balaban J connectivity index is 1.66. The van der Waals surface area contributed by atoms with E-state index >= 15 is 0 Å². The average Bonchev–Trinajstić information content (AvgIpc) is 3.36. The van der Waals surface area contributed by atoms with E-state index in [4.69, 9.17) is 4.74 Å². The highest BCUT2D eigenvalue weighted by atomic mass is 32.1. The lowest BCUT2D eigenvalue weighted by molar-refractivity contribution is -0.965. The monoisotopic (exact) mass is 446 g/mol. The molecular weight excluding hydrogens is 424 g/mol. The lowest BCUT2D eigenvalue weighted by Crippen LogP contribution is -2.74. The number of hydrogen-bond donors (Lipinski definition) is 0. The summed E-state index contributed by atoms with van der Waals surface area (Å²) in [5, 5.41) is 3.71. The fourth-order valence-corrected chi connectivity index (χ4v) is 7.14. The molecule has 8 rings (SSSR count). The van der Waals surface area contributed by atoms with Crippen LogP contribution in [-0.2, 0) is 11.1 Å². The number of fused-ring (bicyclic) bond motifs is 4. The van der Waals surface area contributed by atoms with Gasteiger partial charge in [-0.25, -0.2) is 0 Å². The zero-order valence-electron chi connectivity index (χ0n) is 18.7. The second-order valence-electron chi connectivity index (χ2n) is 10.3. The normalized spacial score (nSPS) is 18.5. The van der Waals surface area contributed by atoms with Crippen molar-refractivity contribution in [3.8, 4) is 34.0 Å². The van der Waals surface area contributed by atoms with Crippen LogP contribution in [0.3, 0.4) is 0 Å². The van der Waals surface area contributed by atoms with Gasteiger partial charge in [-0.05, 0) is 40.6 Å². The van der Waals surface area contributed by atoms with Crippen molar-refractivity contribution in [2.24, 2.45) is 0 Å². The molecule has 0 amide bonds. The molecule has 3 nitrogen and oxygen atoms in total. The third-order valence-electron chi connectivity index (χ3n) is 7.58. The molecule has 5 heterocycles. The highest BCUT2D eigenvalue weighted by Crippen LogP contribution is 2.58. The van der Waals surface area contributed by atoms with E-state index in [0.717, 1.165) is 11.6 Å². The van der Waals surface area contributed by atoms with Gasteiger partial charge < -0.3 is 4.74 Å². The van der Waals surface area contributed by atoms with Gasteiger partial charge in [-0.3, -0.25) is 0 Å². The topological polar surface area (TPSA) is 17.0 Å². The van der Waals surface area contributed by atoms with Crippen molar-refractivity contribution in [3.05, 3.63) is 95.1 Å². The fraction of sp³-hybridized carbons (Fsp3) is 0.172. The molecule has 0 fully saturated rings. The lowest BCUT2D eigenvalue weighted by Gasteiger charge is -2.32. The molecule has 0 radical (unpaired) electrons. The minimum absolute atomic E-state index is 0.0765. The number of nitrogens with zero attached hydrogens (tertiary/aromatic N) is 2. The summed E-state index contributed by atoms with van der Waals surface area (Å²) in [4.78, 5) is 0. The molecule has 3 aliphatic rings. The number of pyridine rings is 2. The molecule has 1 atom stereocenters. The molecule has 158 valence electrons. The van der Waals surface area contributed by atoms with Crippen molar-refractivity contribution >= 4 is 21.4 Å². The summed E-state index contributed by atoms with van der Waals surface area (Å²) in [6.07, 6.45) is 4.48. The second kappa shape index (κ2) is 5.52. The molecule has 2 aliphatic heterocycles. The zero-order chi connectivity index (χ0) is 22.1. The highest BCUT2D eigenvalue weighted by Gasteiger charge is 2.69. The smallest absolute Gasteiger partial charge is 0.404 e. The largest absolute Gasteiger partial charge is 0.424 e. The molecule has 0 N–H and O–H groups in total. The van der Waals surface area contributed by atoms with E-state index in [0.29, 0.717) is 0 Å². The Labute approximate surface area is 196 Å². The van der Waals surface area contributed by atoms with E-state index in [-0.39, 0.29) is 5.41 Å². The van der Waals surface area contributed by atoms with Crippen LogP contribution >= 0.6 is 11.3 Å². The zero-order valence-corrected chi connectivity index (χ0v) is 19.5. The Morgan fingerprint density at radius 3 is 2.61 bits per heavy atom. The van der Waals surface area contributed by atoms with Crippen LogP contribution in [0.2, 0.25) is 0 Å². The molecule has 0 saturated carbocycles. The first-order chi connectivity index (χ1) is 16.0. The minimum Gasteiger partial charge on any atom is -0.404 e. The number of rotatable bonds is 0. The fourth-order valence-electron chi connectivity index (χ4n) is 6.17. The van der Waals surface area contributed by atoms with Gasteiger partial charge in [0.2, 0.25) is 5.69 Å². The van der Waals surface area contributed by atoms with Crippen LogP contribution in [0, 0.1) is 0 Å². The Morgan fingerprint density at radius 1 is 0.818 bits per heavy atom. The third-order valence-corrected chi connectivity index (χ3v) is 8.53. The number of aromatic nitrogens is 2. The molecular formula is C29H22N2OS+2. The molecule has 3 aromatic heterocycles. The maximum Gasteiger partial charge on any atom is 0.424 e. The molecule has 0 bridgehead atoms. The van der Waals surface area contributed by atoms with Crippen molar-refractivity contribution in [1.29, 1.82) is 0 Å². The second-order valence-corrected chi connectivity index (χ2v) is 11.2. The van der Waals surface area contributed by atoms with Crippen LogP contribution in [0.5, 0.6) is 11.6 Å². The Kier molecular flexibility index (Phi) is 3.01. The maximum absolute atomic E-state index is 6.51. The quantitative estimate of drug-likeness (QED) is 0.256. The van der Waals surface area contributed by atoms with E-state index in [9.17, 15) is 0 Å². The van der Waals surface area contributed by atoms with E-state index in [1.54, 1.807) is 0 Å². The molecule has 33 heavy (non-hydrogen) atoms. The van der Waals surface area contributed by atoms with Gasteiger partial charge in [0, 0.05) is 39.4 Å². The summed E-state index contributed by atoms with van der Waals surface area (Å²) in [6.45, 7) is 6.86. The van der Waals surface area contributed by atoms with E-state index < -0.39 is 5.66 Å². The van der Waals surface area contributed by atoms with E-state index in [1.807, 2.05) is 11.3 Å². The van der Waals surface area contributed by atoms with Crippen LogP contribution < -0.4 is 13.9 Å². The molecule has 1 spiro atoms. The third kappa shape index (κ3) is 1.90. The molecule has 2 aromatic carbocycles. The van der Waals surface area contributed by atoms with Crippen LogP contribution in [0.1, 0.15) is 37.5 Å². The van der Waals surface area contributed by atoms with E-state index in [1.165, 1.54) is 49.2 Å². The van der Waals surface area contributed by atoms with Gasteiger partial charge in [0.15, 0.2) is 23.7 Å². The first-order valence-corrected chi connectivity index (χ1v) is 12.3. The number of hydrogen-bond acceptors (Lipinski definition) is 2. The number of ether oxygens (including phenoxy) is 1. The van der Waals surface area contributed by atoms with Crippen molar-refractivity contribution in [2.45, 2.75) is 31.8 Å². The van der Waals surface area contributed by atoms with Crippen LogP contribution in [0.4, 0.5) is 0 Å². The number of benzene rings is 2. The summed E-state index contributed by atoms with van der Waals surface area (Å²) in [7, 11) is 0. The maximum atomic E-state index is 6.51. The van der Waals surface area contributed by atoms with Crippen LogP contribution in [0.25, 0.3) is 32.5 Å². The van der Waals surface area contributed by atoms with Crippen LogP contribution in [0.15, 0.2) is 78.4 Å². The molecule has 4 heteroatoms. The van der Waals surface area contributed by atoms with Gasteiger partial charge in [0.05, 0.1) is 11.6 Å². The van der Waals surface area contributed by atoms with E-state index in [2.05, 4.69) is 108 Å². The lowest BCUT2D eigenvalue weighted by atomic mass is 9.76. The highest BCUT2D eigenvalue weighted by molar-refractivity contribution is 7.17. The van der Waals surface area contributed by atoms with Gasteiger partial charge in [0.25, 0.3) is 0 Å². The molecule has 0 unspecified atom stereocenters. The van der Waals surface area contributed by atoms with Crippen LogP contribution in [-0.4, -0.2) is 0 Å². The van der Waals surface area contributed by atoms with Crippen molar-refractivity contribution in [3.63, 3.8) is 0 Å². The molecule has 0 saturated heterocycles. The van der Waals surface area contributed by atoms with Gasteiger partial charge >= 0.3 is 11.5 Å². The molecule has 1 aliphatic carbocycles. The predicted octanol–water partition coefficient (Wildman–Crippen LogP) is 6.14.